The van der Waals surface area contributed by atoms with Crippen LogP contribution >= 0.6 is 11.6 Å². The molecule has 2 aromatic carbocycles. The molecule has 30 heavy (non-hydrogen) atoms. The third kappa shape index (κ3) is 4.08. The highest BCUT2D eigenvalue weighted by Crippen LogP contribution is 2.29. The van der Waals surface area contributed by atoms with E-state index >= 15 is 0 Å². The molecule has 1 aromatic heterocycles. The van der Waals surface area contributed by atoms with Crippen LogP contribution < -0.4 is 14.4 Å². The second kappa shape index (κ2) is 8.37. The van der Waals surface area contributed by atoms with Crippen LogP contribution in [-0.2, 0) is 16.6 Å². The number of fused-ring (bicyclic) bond motifs is 1. The Bertz CT molecular complexity index is 1190. The highest BCUT2D eigenvalue weighted by molar-refractivity contribution is 7.89. The third-order valence-electron chi connectivity index (χ3n) is 5.20. The van der Waals surface area contributed by atoms with Crippen LogP contribution in [0.25, 0.3) is 10.9 Å². The van der Waals surface area contributed by atoms with Crippen LogP contribution in [0.15, 0.2) is 41.3 Å². The van der Waals surface area contributed by atoms with E-state index in [0.29, 0.717) is 10.8 Å². The molecule has 0 spiro atoms. The van der Waals surface area contributed by atoms with Gasteiger partial charge in [0.2, 0.25) is 10.0 Å². The number of methoxy groups -OCH3 is 1. The predicted molar refractivity (Wildman–Crippen MR) is 118 cm³/mol. The van der Waals surface area contributed by atoms with E-state index in [9.17, 15) is 8.42 Å². The van der Waals surface area contributed by atoms with E-state index in [1.54, 1.807) is 6.07 Å². The summed E-state index contributed by atoms with van der Waals surface area (Å²) in [6, 6.07) is 10.5. The molecule has 1 N–H and O–H groups in total. The minimum Gasteiger partial charge on any atom is -0.495 e. The first-order valence-corrected chi connectivity index (χ1v) is 11.6. The topological polar surface area (TPSA) is 84.4 Å². The lowest BCUT2D eigenvalue weighted by molar-refractivity contribution is 0.402. The summed E-state index contributed by atoms with van der Waals surface area (Å²) in [5.41, 5.74) is 1.86. The largest absolute Gasteiger partial charge is 0.495 e. The minimum absolute atomic E-state index is 0.0192. The van der Waals surface area contributed by atoms with Crippen molar-refractivity contribution >= 4 is 38.3 Å². The number of nitrogens with one attached hydrogen (secondary N) is 1. The summed E-state index contributed by atoms with van der Waals surface area (Å²) in [6.45, 7) is 3.83. The van der Waals surface area contributed by atoms with E-state index in [4.69, 9.17) is 21.3 Å². The van der Waals surface area contributed by atoms with Crippen molar-refractivity contribution < 1.29 is 13.2 Å². The Hall–Kier alpha value is -2.42. The molecule has 158 valence electrons. The number of halogens is 1. The molecule has 9 heteroatoms. The number of aryl methyl sites for hydroxylation is 1. The molecule has 1 aliphatic rings. The van der Waals surface area contributed by atoms with Gasteiger partial charge in [0, 0.05) is 23.5 Å². The van der Waals surface area contributed by atoms with E-state index in [2.05, 4.69) is 14.6 Å². The Morgan fingerprint density at radius 3 is 2.67 bits per heavy atom. The van der Waals surface area contributed by atoms with E-state index in [1.165, 1.54) is 19.2 Å². The average Bonchev–Trinajstić information content (AvgIpc) is 3.27. The first kappa shape index (κ1) is 20.8. The Labute approximate surface area is 181 Å². The van der Waals surface area contributed by atoms with E-state index in [-0.39, 0.29) is 17.2 Å². The van der Waals surface area contributed by atoms with Gasteiger partial charge in [0.15, 0.2) is 0 Å². The van der Waals surface area contributed by atoms with E-state index in [1.807, 2.05) is 25.1 Å². The van der Waals surface area contributed by atoms with Crippen molar-refractivity contribution in [3.63, 3.8) is 0 Å². The number of anilines is 1. The molecule has 0 atom stereocenters. The molecule has 1 saturated heterocycles. The molecular weight excluding hydrogens is 424 g/mol. The number of rotatable bonds is 6. The maximum atomic E-state index is 12.9. The van der Waals surface area contributed by atoms with Gasteiger partial charge in [0.25, 0.3) is 0 Å². The Balaban J connectivity index is 1.69. The smallest absolute Gasteiger partial charge is 0.244 e. The fourth-order valence-corrected chi connectivity index (χ4v) is 5.08. The Morgan fingerprint density at radius 2 is 1.93 bits per heavy atom. The number of benzene rings is 2. The zero-order valence-electron chi connectivity index (χ0n) is 16.9. The number of ether oxygens (including phenoxy) is 1. The standard InChI is InChI=1S/C21H23ClN4O3S/c1-14-6-5-7-16-20(14)24-19(25-21(16)26-10-3-4-11-26)13-23-30(27,28)18-12-15(22)8-9-17(18)29-2/h5-9,12,23H,3-4,10-11,13H2,1-2H3. The Morgan fingerprint density at radius 1 is 1.17 bits per heavy atom. The highest BCUT2D eigenvalue weighted by atomic mass is 35.5. The minimum atomic E-state index is -3.87. The van der Waals surface area contributed by atoms with Gasteiger partial charge in [0.05, 0.1) is 19.2 Å². The number of nitrogens with zero attached hydrogens (tertiary/aromatic N) is 3. The quantitative estimate of drug-likeness (QED) is 0.621. The lowest BCUT2D eigenvalue weighted by Gasteiger charge is -2.20. The van der Waals surface area contributed by atoms with Gasteiger partial charge in [0.1, 0.15) is 22.3 Å². The van der Waals surface area contributed by atoms with Crippen molar-refractivity contribution in [3.8, 4) is 5.75 Å². The number of hydrogen-bond acceptors (Lipinski definition) is 6. The van der Waals surface area contributed by atoms with Crippen LogP contribution in [0.2, 0.25) is 5.02 Å². The van der Waals surface area contributed by atoms with Crippen molar-refractivity contribution in [2.45, 2.75) is 31.2 Å². The summed E-state index contributed by atoms with van der Waals surface area (Å²) in [5, 5.41) is 1.30. The van der Waals surface area contributed by atoms with Gasteiger partial charge in [-0.1, -0.05) is 23.7 Å². The molecule has 4 rings (SSSR count). The predicted octanol–water partition coefficient (Wildman–Crippen LogP) is 3.68. The second-order valence-electron chi connectivity index (χ2n) is 7.25. The van der Waals surface area contributed by atoms with Crippen LogP contribution in [-0.4, -0.2) is 38.6 Å². The van der Waals surface area contributed by atoms with Gasteiger partial charge < -0.3 is 9.64 Å². The molecule has 2 heterocycles. The van der Waals surface area contributed by atoms with E-state index < -0.39 is 10.0 Å². The lowest BCUT2D eigenvalue weighted by atomic mass is 10.1. The van der Waals surface area contributed by atoms with Gasteiger partial charge in [-0.05, 0) is 49.6 Å². The monoisotopic (exact) mass is 446 g/mol. The normalized spacial score (nSPS) is 14.4. The molecule has 3 aromatic rings. The summed E-state index contributed by atoms with van der Waals surface area (Å²) in [6.07, 6.45) is 2.24. The van der Waals surface area contributed by atoms with Gasteiger partial charge in [-0.3, -0.25) is 0 Å². The van der Waals surface area contributed by atoms with Crippen molar-refractivity contribution in [1.82, 2.24) is 14.7 Å². The van der Waals surface area contributed by atoms with Crippen LogP contribution in [0, 0.1) is 6.92 Å². The van der Waals surface area contributed by atoms with Crippen molar-refractivity contribution in [2.75, 3.05) is 25.1 Å². The first-order chi connectivity index (χ1) is 14.4. The van der Waals surface area contributed by atoms with Crippen LogP contribution in [0.5, 0.6) is 5.75 Å². The molecule has 0 radical (unpaired) electrons. The SMILES string of the molecule is COc1ccc(Cl)cc1S(=O)(=O)NCc1nc(N2CCCC2)c2cccc(C)c2n1. The fourth-order valence-electron chi connectivity index (χ4n) is 3.67. The maximum Gasteiger partial charge on any atom is 0.244 e. The number of para-hydroxylation sites is 1. The van der Waals surface area contributed by atoms with Gasteiger partial charge in [-0.15, -0.1) is 0 Å². The zero-order chi connectivity index (χ0) is 21.3. The summed E-state index contributed by atoms with van der Waals surface area (Å²) in [5.74, 6) is 1.50. The summed E-state index contributed by atoms with van der Waals surface area (Å²) < 4.78 is 33.6. The molecule has 0 bridgehead atoms. The zero-order valence-corrected chi connectivity index (χ0v) is 18.4. The number of hydrogen-bond donors (Lipinski definition) is 1. The van der Waals surface area contributed by atoms with Crippen molar-refractivity contribution in [2.24, 2.45) is 0 Å². The third-order valence-corrected chi connectivity index (χ3v) is 6.85. The van der Waals surface area contributed by atoms with Crippen LogP contribution in [0.4, 0.5) is 5.82 Å². The second-order valence-corrected chi connectivity index (χ2v) is 9.42. The summed E-state index contributed by atoms with van der Waals surface area (Å²) >= 11 is 6.00. The van der Waals surface area contributed by atoms with Crippen LogP contribution in [0.1, 0.15) is 24.2 Å². The molecular formula is C21H23ClN4O3S. The van der Waals surface area contributed by atoms with Crippen molar-refractivity contribution in [3.05, 3.63) is 52.8 Å². The summed E-state index contributed by atoms with van der Waals surface area (Å²) in [4.78, 5) is 11.6. The number of aromatic nitrogens is 2. The van der Waals surface area contributed by atoms with Gasteiger partial charge in [-0.25, -0.2) is 23.1 Å². The maximum absolute atomic E-state index is 12.9. The first-order valence-electron chi connectivity index (χ1n) is 9.73. The molecule has 0 unspecified atom stereocenters. The Kier molecular flexibility index (Phi) is 5.81. The molecule has 1 aliphatic heterocycles. The molecule has 1 fully saturated rings. The number of sulfonamides is 1. The molecule has 7 nitrogen and oxygen atoms in total. The molecule has 0 aliphatic carbocycles. The van der Waals surface area contributed by atoms with Crippen LogP contribution in [0.3, 0.4) is 0 Å². The molecule has 0 amide bonds. The average molecular weight is 447 g/mol. The van der Waals surface area contributed by atoms with Gasteiger partial charge >= 0.3 is 0 Å². The molecule has 0 saturated carbocycles. The van der Waals surface area contributed by atoms with Gasteiger partial charge in [-0.2, -0.15) is 0 Å². The highest BCUT2D eigenvalue weighted by Gasteiger charge is 2.22. The van der Waals surface area contributed by atoms with E-state index in [0.717, 1.165) is 48.2 Å². The summed E-state index contributed by atoms with van der Waals surface area (Å²) in [7, 11) is -2.46. The lowest BCUT2D eigenvalue weighted by Crippen LogP contribution is -2.26. The fraction of sp³-hybridized carbons (Fsp3) is 0.333. The van der Waals surface area contributed by atoms with Crippen molar-refractivity contribution in [1.29, 1.82) is 0 Å².